The van der Waals surface area contributed by atoms with Gasteiger partial charge < -0.3 is 5.32 Å². The van der Waals surface area contributed by atoms with Crippen molar-refractivity contribution in [3.8, 4) is 6.07 Å². The number of nitriles is 1. The Morgan fingerprint density at radius 1 is 1.42 bits per heavy atom. The normalized spacial score (nSPS) is 21.7. The first kappa shape index (κ1) is 9.54. The molecule has 1 aliphatic carbocycles. The summed E-state index contributed by atoms with van der Waals surface area (Å²) in [6.45, 7) is 2.70. The van der Waals surface area contributed by atoms with E-state index in [2.05, 4.69) is 18.3 Å². The van der Waals surface area contributed by atoms with Crippen molar-refractivity contribution in [2.24, 2.45) is 5.92 Å². The number of hydrogen-bond acceptors (Lipinski definition) is 2. The molecule has 12 heavy (non-hydrogen) atoms. The predicted molar refractivity (Wildman–Crippen MR) is 49.7 cm³/mol. The number of nitrogens with zero attached hydrogens (tertiary/aromatic N) is 1. The maximum atomic E-state index is 8.40. The molecule has 0 aromatic heterocycles. The molecule has 0 spiro atoms. The fourth-order valence-electron chi connectivity index (χ4n) is 2.01. The highest BCUT2D eigenvalue weighted by Gasteiger charge is 2.18. The van der Waals surface area contributed by atoms with Crippen molar-refractivity contribution in [2.75, 3.05) is 6.54 Å². The Labute approximate surface area is 75.0 Å². The molecular formula is C10H18N2. The zero-order valence-electron chi connectivity index (χ0n) is 7.84. The van der Waals surface area contributed by atoms with Crippen LogP contribution >= 0.6 is 0 Å². The molecule has 1 N–H and O–H groups in total. The molecule has 1 saturated carbocycles. The molecule has 0 aliphatic heterocycles. The zero-order valence-corrected chi connectivity index (χ0v) is 7.84. The second-order valence-corrected chi connectivity index (χ2v) is 3.73. The summed E-state index contributed by atoms with van der Waals surface area (Å²) in [6, 6.07) is 2.66. The average Bonchev–Trinajstić information content (AvgIpc) is 2.15. The summed E-state index contributed by atoms with van der Waals surface area (Å²) in [4.78, 5) is 0. The second-order valence-electron chi connectivity index (χ2n) is 3.73. The molecule has 1 fully saturated rings. The van der Waals surface area contributed by atoms with Gasteiger partial charge in [-0.1, -0.05) is 19.3 Å². The summed E-state index contributed by atoms with van der Waals surface area (Å²) >= 11 is 0. The Morgan fingerprint density at radius 3 is 2.67 bits per heavy atom. The smallest absolute Gasteiger partial charge is 0.0843 e. The van der Waals surface area contributed by atoms with Gasteiger partial charge in [0.15, 0.2) is 0 Å². The van der Waals surface area contributed by atoms with E-state index < -0.39 is 0 Å². The molecular weight excluding hydrogens is 148 g/mol. The third-order valence-electron chi connectivity index (χ3n) is 2.86. The highest BCUT2D eigenvalue weighted by Crippen LogP contribution is 2.25. The van der Waals surface area contributed by atoms with Crippen molar-refractivity contribution in [1.29, 1.82) is 5.26 Å². The lowest BCUT2D eigenvalue weighted by molar-refractivity contribution is 0.287. The number of rotatable bonds is 3. The molecule has 2 heteroatoms. The van der Waals surface area contributed by atoms with Crippen LogP contribution in [-0.4, -0.2) is 12.6 Å². The van der Waals surface area contributed by atoms with Crippen LogP contribution in [0.1, 0.15) is 39.0 Å². The Bertz CT molecular complexity index is 154. The van der Waals surface area contributed by atoms with Crippen LogP contribution in [0.2, 0.25) is 0 Å². The molecule has 1 unspecified atom stereocenters. The average molecular weight is 166 g/mol. The van der Waals surface area contributed by atoms with E-state index in [1.54, 1.807) is 0 Å². The third kappa shape index (κ3) is 2.83. The van der Waals surface area contributed by atoms with Gasteiger partial charge in [0.2, 0.25) is 0 Å². The van der Waals surface area contributed by atoms with Crippen LogP contribution in [0.15, 0.2) is 0 Å². The van der Waals surface area contributed by atoms with Crippen LogP contribution < -0.4 is 5.32 Å². The Morgan fingerprint density at radius 2 is 2.08 bits per heavy atom. The van der Waals surface area contributed by atoms with Crippen LogP contribution in [0.4, 0.5) is 0 Å². The Hall–Kier alpha value is -0.550. The van der Waals surface area contributed by atoms with E-state index in [9.17, 15) is 0 Å². The van der Waals surface area contributed by atoms with Crippen LogP contribution in [0.3, 0.4) is 0 Å². The van der Waals surface area contributed by atoms with E-state index in [1.807, 2.05) is 0 Å². The Balaban J connectivity index is 2.21. The van der Waals surface area contributed by atoms with Crippen LogP contribution in [0.25, 0.3) is 0 Å². The molecule has 2 nitrogen and oxygen atoms in total. The van der Waals surface area contributed by atoms with Gasteiger partial charge in [-0.15, -0.1) is 0 Å². The van der Waals surface area contributed by atoms with E-state index in [-0.39, 0.29) is 0 Å². The van der Waals surface area contributed by atoms with Gasteiger partial charge in [0.1, 0.15) is 0 Å². The Kier molecular flexibility index (Phi) is 4.10. The van der Waals surface area contributed by atoms with E-state index >= 15 is 0 Å². The van der Waals surface area contributed by atoms with Gasteiger partial charge in [0.25, 0.3) is 0 Å². The van der Waals surface area contributed by atoms with Gasteiger partial charge in [0.05, 0.1) is 12.6 Å². The molecule has 1 rings (SSSR count). The van der Waals surface area contributed by atoms with Crippen molar-refractivity contribution in [3.05, 3.63) is 0 Å². The third-order valence-corrected chi connectivity index (χ3v) is 2.86. The largest absolute Gasteiger partial charge is 0.302 e. The fraction of sp³-hybridized carbons (Fsp3) is 0.900. The van der Waals surface area contributed by atoms with Crippen LogP contribution in [0, 0.1) is 17.2 Å². The first-order valence-electron chi connectivity index (χ1n) is 4.95. The van der Waals surface area contributed by atoms with Crippen molar-refractivity contribution in [1.82, 2.24) is 5.32 Å². The minimum atomic E-state index is 0.498. The van der Waals surface area contributed by atoms with Crippen molar-refractivity contribution < 1.29 is 0 Å². The fourth-order valence-corrected chi connectivity index (χ4v) is 2.01. The monoisotopic (exact) mass is 166 g/mol. The molecule has 0 aromatic carbocycles. The number of hydrogen-bond donors (Lipinski definition) is 1. The second kappa shape index (κ2) is 5.16. The highest BCUT2D eigenvalue weighted by molar-refractivity contribution is 4.80. The van der Waals surface area contributed by atoms with Crippen molar-refractivity contribution >= 4 is 0 Å². The maximum Gasteiger partial charge on any atom is 0.0843 e. The predicted octanol–water partition coefficient (Wildman–Crippen LogP) is 2.07. The van der Waals surface area contributed by atoms with E-state index in [0.717, 1.165) is 5.92 Å². The summed E-state index contributed by atoms with van der Waals surface area (Å²) in [6.07, 6.45) is 6.85. The highest BCUT2D eigenvalue weighted by atomic mass is 14.9. The maximum absolute atomic E-state index is 8.40. The molecule has 0 aromatic rings. The molecule has 0 heterocycles. The molecule has 1 aliphatic rings. The summed E-state index contributed by atoms with van der Waals surface area (Å²) in [5.74, 6) is 0.812. The van der Waals surface area contributed by atoms with E-state index in [1.165, 1.54) is 32.1 Å². The van der Waals surface area contributed by atoms with Gasteiger partial charge in [-0.05, 0) is 25.7 Å². The van der Waals surface area contributed by atoms with Crippen LogP contribution in [-0.2, 0) is 0 Å². The van der Waals surface area contributed by atoms with Gasteiger partial charge >= 0.3 is 0 Å². The van der Waals surface area contributed by atoms with Gasteiger partial charge in [-0.3, -0.25) is 0 Å². The van der Waals surface area contributed by atoms with Crippen molar-refractivity contribution in [3.63, 3.8) is 0 Å². The van der Waals surface area contributed by atoms with Crippen molar-refractivity contribution in [2.45, 2.75) is 45.1 Å². The lowest BCUT2D eigenvalue weighted by atomic mass is 9.84. The first-order chi connectivity index (χ1) is 5.84. The SMILES string of the molecule is CC(NCC#N)C1CCCCC1. The molecule has 0 saturated heterocycles. The number of nitrogens with one attached hydrogen (secondary N) is 1. The molecule has 0 radical (unpaired) electrons. The first-order valence-corrected chi connectivity index (χ1v) is 4.95. The quantitative estimate of drug-likeness (QED) is 0.651. The standard InChI is InChI=1S/C10H18N2/c1-9(12-8-7-11)10-5-3-2-4-6-10/h9-10,12H,2-6,8H2,1H3. The lowest BCUT2D eigenvalue weighted by Crippen LogP contribution is -2.34. The summed E-state index contributed by atoms with van der Waals surface area (Å²) in [5.41, 5.74) is 0. The summed E-state index contributed by atoms with van der Waals surface area (Å²) in [7, 11) is 0. The minimum absolute atomic E-state index is 0.498. The van der Waals surface area contributed by atoms with Gasteiger partial charge in [-0.2, -0.15) is 5.26 Å². The topological polar surface area (TPSA) is 35.8 Å². The molecule has 68 valence electrons. The zero-order chi connectivity index (χ0) is 8.81. The van der Waals surface area contributed by atoms with Gasteiger partial charge in [-0.25, -0.2) is 0 Å². The molecule has 0 bridgehead atoms. The van der Waals surface area contributed by atoms with E-state index in [4.69, 9.17) is 5.26 Å². The van der Waals surface area contributed by atoms with Crippen LogP contribution in [0.5, 0.6) is 0 Å². The minimum Gasteiger partial charge on any atom is -0.302 e. The lowest BCUT2D eigenvalue weighted by Gasteiger charge is -2.27. The molecule has 0 amide bonds. The summed E-state index contributed by atoms with van der Waals surface area (Å²) in [5, 5.41) is 11.6. The molecule has 1 atom stereocenters. The van der Waals surface area contributed by atoms with Gasteiger partial charge in [0, 0.05) is 6.04 Å². The summed E-state index contributed by atoms with van der Waals surface area (Å²) < 4.78 is 0. The van der Waals surface area contributed by atoms with E-state index in [0.29, 0.717) is 12.6 Å².